The molecule has 0 spiro atoms. The Balaban J connectivity index is 0.00000242. The van der Waals surface area contributed by atoms with Crippen LogP contribution in [0.3, 0.4) is 0 Å². The van der Waals surface area contributed by atoms with E-state index in [2.05, 4.69) is 20.9 Å². The Bertz CT molecular complexity index is 1110. The molecule has 2 saturated heterocycles. The van der Waals surface area contributed by atoms with Gasteiger partial charge in [-0.3, -0.25) is 19.3 Å². The number of nitrogens with zero attached hydrogens (tertiary/aromatic N) is 2. The van der Waals surface area contributed by atoms with Gasteiger partial charge in [-0.15, -0.1) is 24.8 Å². The maximum absolute atomic E-state index is 14.3. The summed E-state index contributed by atoms with van der Waals surface area (Å²) in [6.45, 7) is 3.81. The summed E-state index contributed by atoms with van der Waals surface area (Å²) >= 11 is 0. The molecule has 1 aliphatic carbocycles. The van der Waals surface area contributed by atoms with E-state index in [-0.39, 0.29) is 80.3 Å². The summed E-state index contributed by atoms with van der Waals surface area (Å²) in [6, 6.07) is 5.25. The van der Waals surface area contributed by atoms with Crippen molar-refractivity contribution in [2.45, 2.75) is 88.0 Å². The molecule has 3 N–H and O–H groups in total. The van der Waals surface area contributed by atoms with Gasteiger partial charge >= 0.3 is 0 Å². The summed E-state index contributed by atoms with van der Waals surface area (Å²) in [6.07, 6.45) is 2.17. The van der Waals surface area contributed by atoms with Crippen molar-refractivity contribution in [3.8, 4) is 5.75 Å². The third-order valence-electron chi connectivity index (χ3n) is 9.17. The first-order valence-electron chi connectivity index (χ1n) is 14.6. The van der Waals surface area contributed by atoms with Crippen LogP contribution >= 0.6 is 24.8 Å². The lowest BCUT2D eigenvalue weighted by Crippen LogP contribution is -2.66. The molecule has 13 heteroatoms. The van der Waals surface area contributed by atoms with Gasteiger partial charge in [0.05, 0.1) is 18.7 Å². The van der Waals surface area contributed by atoms with E-state index < -0.39 is 30.0 Å². The fourth-order valence-corrected chi connectivity index (χ4v) is 6.61. The van der Waals surface area contributed by atoms with Crippen LogP contribution in [0.15, 0.2) is 24.3 Å². The van der Waals surface area contributed by atoms with Crippen molar-refractivity contribution < 1.29 is 27.9 Å². The first kappa shape index (κ1) is 34.3. The van der Waals surface area contributed by atoms with Crippen molar-refractivity contribution in [1.29, 1.82) is 0 Å². The number of halogens is 4. The second-order valence-electron chi connectivity index (χ2n) is 11.7. The van der Waals surface area contributed by atoms with Crippen LogP contribution in [0.25, 0.3) is 0 Å². The summed E-state index contributed by atoms with van der Waals surface area (Å²) in [4.78, 5) is 45.0. The number of rotatable bonds is 7. The third kappa shape index (κ3) is 7.46. The summed E-state index contributed by atoms with van der Waals surface area (Å²) in [7, 11) is 1.65. The zero-order valence-electron chi connectivity index (χ0n) is 24.2. The van der Waals surface area contributed by atoms with Gasteiger partial charge in [-0.2, -0.15) is 0 Å². The number of ether oxygens (including phenoxy) is 1. The number of piperazine rings is 1. The van der Waals surface area contributed by atoms with E-state index in [0.29, 0.717) is 26.1 Å². The number of para-hydroxylation sites is 1. The van der Waals surface area contributed by atoms with E-state index in [1.165, 1.54) is 0 Å². The van der Waals surface area contributed by atoms with Gasteiger partial charge in [0, 0.05) is 44.0 Å². The number of nitrogens with one attached hydrogen (secondary N) is 3. The van der Waals surface area contributed by atoms with E-state index in [1.807, 2.05) is 24.3 Å². The van der Waals surface area contributed by atoms with E-state index in [4.69, 9.17) is 4.74 Å². The lowest BCUT2D eigenvalue weighted by atomic mass is 9.81. The van der Waals surface area contributed by atoms with Crippen LogP contribution in [0, 0.1) is 5.92 Å². The molecule has 42 heavy (non-hydrogen) atoms. The molecule has 5 atom stereocenters. The zero-order valence-corrected chi connectivity index (χ0v) is 25.8. The standard InChI is InChI=1S/C29H41F2N5O4.2ClH/c1-18(32-2)26(37)34-25(19-9-12-29(30,31)13-10-19)28(39)36-16-20-6-5-14-35(20)17-23(36)27(38)33-22-11-15-40-24-8-4-3-7-21(22)24;;/h3-4,7-8,18-20,22-23,25,32H,5-6,9-17H2,1-2H3,(H,33,38)(H,34,37);2*1H/t18-,20-,22+,23-,25-;;/m0../s1. The minimum Gasteiger partial charge on any atom is -0.493 e. The number of alkyl halides is 2. The quantitative estimate of drug-likeness (QED) is 0.427. The molecule has 0 aromatic heterocycles. The summed E-state index contributed by atoms with van der Waals surface area (Å²) in [5.41, 5.74) is 0.907. The number of hydrogen-bond donors (Lipinski definition) is 3. The van der Waals surface area contributed by atoms with Crippen LogP contribution in [0.4, 0.5) is 8.78 Å². The van der Waals surface area contributed by atoms with Crippen molar-refractivity contribution in [2.24, 2.45) is 5.92 Å². The molecular formula is C29H43Cl2F2N5O4. The number of carbonyl (C=O) groups excluding carboxylic acids is 3. The SMILES string of the molecule is CN[C@@H](C)C(=O)N[C@H](C(=O)N1C[C@@H]2CCCN2C[C@H]1C(=O)N[C@@H]1CCOc2ccccc21)C1CCC(F)(F)CC1.Cl.Cl. The van der Waals surface area contributed by atoms with Gasteiger partial charge < -0.3 is 25.6 Å². The number of carbonyl (C=O) groups is 3. The number of hydrogen-bond acceptors (Lipinski definition) is 6. The molecule has 0 radical (unpaired) electrons. The Morgan fingerprint density at radius 2 is 1.76 bits per heavy atom. The molecule has 0 unspecified atom stereocenters. The first-order chi connectivity index (χ1) is 19.2. The average molecular weight is 635 g/mol. The minimum atomic E-state index is -2.76. The maximum atomic E-state index is 14.3. The van der Waals surface area contributed by atoms with E-state index in [1.54, 1.807) is 18.9 Å². The molecule has 9 nitrogen and oxygen atoms in total. The fraction of sp³-hybridized carbons (Fsp3) is 0.690. The van der Waals surface area contributed by atoms with Crippen molar-refractivity contribution >= 4 is 42.5 Å². The second-order valence-corrected chi connectivity index (χ2v) is 11.7. The van der Waals surface area contributed by atoms with Crippen LogP contribution in [-0.4, -0.2) is 90.9 Å². The van der Waals surface area contributed by atoms with Gasteiger partial charge in [-0.05, 0) is 58.2 Å². The first-order valence-corrected chi connectivity index (χ1v) is 14.6. The maximum Gasteiger partial charge on any atom is 0.248 e. The van der Waals surface area contributed by atoms with Gasteiger partial charge in [0.25, 0.3) is 0 Å². The van der Waals surface area contributed by atoms with Gasteiger partial charge in [-0.1, -0.05) is 18.2 Å². The molecule has 3 fully saturated rings. The molecule has 5 rings (SSSR count). The lowest BCUT2D eigenvalue weighted by Gasteiger charge is -2.45. The lowest BCUT2D eigenvalue weighted by molar-refractivity contribution is -0.150. The molecule has 1 saturated carbocycles. The molecule has 1 aromatic rings. The highest BCUT2D eigenvalue weighted by atomic mass is 35.5. The fourth-order valence-electron chi connectivity index (χ4n) is 6.61. The Kier molecular flexibility index (Phi) is 11.8. The molecular weight excluding hydrogens is 591 g/mol. The Hall–Kier alpha value is -2.21. The van der Waals surface area contributed by atoms with Crippen molar-refractivity contribution in [3.63, 3.8) is 0 Å². The van der Waals surface area contributed by atoms with Gasteiger partial charge in [0.2, 0.25) is 23.6 Å². The molecule has 0 bridgehead atoms. The van der Waals surface area contributed by atoms with E-state index >= 15 is 0 Å². The normalized spacial score (nSPS) is 26.7. The van der Waals surface area contributed by atoms with Crippen LogP contribution in [-0.2, 0) is 14.4 Å². The number of amides is 3. The van der Waals surface area contributed by atoms with Crippen LogP contribution in [0.5, 0.6) is 5.75 Å². The third-order valence-corrected chi connectivity index (χ3v) is 9.17. The summed E-state index contributed by atoms with van der Waals surface area (Å²) in [5.74, 6) is -3.41. The van der Waals surface area contributed by atoms with Crippen molar-refractivity contribution in [2.75, 3.05) is 33.3 Å². The molecule has 3 heterocycles. The number of fused-ring (bicyclic) bond motifs is 2. The van der Waals surface area contributed by atoms with E-state index in [9.17, 15) is 23.2 Å². The largest absolute Gasteiger partial charge is 0.493 e. The molecule has 3 aliphatic heterocycles. The van der Waals surface area contributed by atoms with Gasteiger partial charge in [-0.25, -0.2) is 8.78 Å². The molecule has 4 aliphatic rings. The summed E-state index contributed by atoms with van der Waals surface area (Å²) in [5, 5.41) is 8.92. The van der Waals surface area contributed by atoms with Gasteiger partial charge in [0.15, 0.2) is 0 Å². The number of benzene rings is 1. The molecule has 3 amide bonds. The van der Waals surface area contributed by atoms with E-state index in [0.717, 1.165) is 30.7 Å². The van der Waals surface area contributed by atoms with Crippen molar-refractivity contribution in [3.05, 3.63) is 29.8 Å². The highest BCUT2D eigenvalue weighted by molar-refractivity contribution is 5.93. The molecule has 236 valence electrons. The van der Waals surface area contributed by atoms with Crippen LogP contribution in [0.1, 0.15) is 63.5 Å². The second kappa shape index (κ2) is 14.5. The number of likely N-dealkylation sites (N-methyl/N-ethyl adjacent to an activating group) is 1. The predicted molar refractivity (Wildman–Crippen MR) is 159 cm³/mol. The zero-order chi connectivity index (χ0) is 28.4. The van der Waals surface area contributed by atoms with Crippen molar-refractivity contribution in [1.82, 2.24) is 25.8 Å². The minimum absolute atomic E-state index is 0. The van der Waals surface area contributed by atoms with Gasteiger partial charge in [0.1, 0.15) is 17.8 Å². The van der Waals surface area contributed by atoms with Crippen LogP contribution in [0.2, 0.25) is 0 Å². The predicted octanol–water partition coefficient (Wildman–Crippen LogP) is 3.06. The highest BCUT2D eigenvalue weighted by Gasteiger charge is 2.47. The summed E-state index contributed by atoms with van der Waals surface area (Å²) < 4.78 is 33.8. The Labute approximate surface area is 258 Å². The monoisotopic (exact) mass is 633 g/mol. The Morgan fingerprint density at radius 1 is 1.05 bits per heavy atom. The Morgan fingerprint density at radius 3 is 2.48 bits per heavy atom. The smallest absolute Gasteiger partial charge is 0.248 e. The van der Waals surface area contributed by atoms with Crippen LogP contribution < -0.4 is 20.7 Å². The average Bonchev–Trinajstić information content (AvgIpc) is 3.42. The molecule has 1 aromatic carbocycles. The highest BCUT2D eigenvalue weighted by Crippen LogP contribution is 2.38. The topological polar surface area (TPSA) is 103 Å².